The Balaban J connectivity index is 1.69. The van der Waals surface area contributed by atoms with E-state index in [1.165, 1.54) is 37.4 Å². The molecule has 3 rings (SSSR count). The van der Waals surface area contributed by atoms with E-state index in [1.54, 1.807) is 18.2 Å². The second-order valence-corrected chi connectivity index (χ2v) is 8.36. The first-order valence-corrected chi connectivity index (χ1v) is 11.0. The zero-order valence-corrected chi connectivity index (χ0v) is 18.3. The van der Waals surface area contributed by atoms with Gasteiger partial charge >= 0.3 is 0 Å². The van der Waals surface area contributed by atoms with Crippen LogP contribution < -0.4 is 19.5 Å². The molecule has 0 aliphatic carbocycles. The smallest absolute Gasteiger partial charge is 0.261 e. The van der Waals surface area contributed by atoms with Crippen LogP contribution in [0.15, 0.2) is 78.2 Å². The third-order valence-electron chi connectivity index (χ3n) is 4.38. The molecule has 0 fully saturated rings. The van der Waals surface area contributed by atoms with Gasteiger partial charge < -0.3 is 14.8 Å². The van der Waals surface area contributed by atoms with E-state index < -0.39 is 32.5 Å². The topological polar surface area (TPSA) is 93.7 Å². The van der Waals surface area contributed by atoms with Crippen molar-refractivity contribution in [3.05, 3.63) is 90.5 Å². The van der Waals surface area contributed by atoms with Crippen molar-refractivity contribution in [2.24, 2.45) is 0 Å². The number of rotatable bonds is 9. The minimum atomic E-state index is -4.13. The Kier molecular flexibility index (Phi) is 7.29. The number of amides is 1. The van der Waals surface area contributed by atoms with E-state index in [9.17, 15) is 22.0 Å². The van der Waals surface area contributed by atoms with Crippen LogP contribution >= 0.6 is 0 Å². The standard InChI is InChI=1S/C23H20F2N2O5S/c1-3-12-32-21-11-4-15(13-22(21)31-2)23(28)26-16-5-7-17(8-6-16)27-33(29,30)18-9-10-19(24)20(25)14-18/h3-11,13-14,27H,1,12H2,2H3,(H,26,28). The first-order chi connectivity index (χ1) is 15.7. The van der Waals surface area contributed by atoms with Gasteiger partial charge in [-0.2, -0.15) is 0 Å². The lowest BCUT2D eigenvalue weighted by atomic mass is 10.1. The quantitative estimate of drug-likeness (QED) is 0.443. The van der Waals surface area contributed by atoms with E-state index in [1.807, 2.05) is 0 Å². The van der Waals surface area contributed by atoms with Crippen LogP contribution in [0.3, 0.4) is 0 Å². The Morgan fingerprint density at radius 3 is 2.30 bits per heavy atom. The van der Waals surface area contributed by atoms with E-state index in [0.717, 1.165) is 12.1 Å². The summed E-state index contributed by atoms with van der Waals surface area (Å²) >= 11 is 0. The fourth-order valence-corrected chi connectivity index (χ4v) is 3.83. The lowest BCUT2D eigenvalue weighted by Gasteiger charge is -2.12. The normalized spacial score (nSPS) is 10.9. The molecule has 0 saturated heterocycles. The zero-order valence-electron chi connectivity index (χ0n) is 17.5. The average molecular weight is 474 g/mol. The van der Waals surface area contributed by atoms with Gasteiger partial charge in [0.15, 0.2) is 23.1 Å². The van der Waals surface area contributed by atoms with Crippen LogP contribution in [0.4, 0.5) is 20.2 Å². The molecule has 0 heterocycles. The number of methoxy groups -OCH3 is 1. The van der Waals surface area contributed by atoms with Gasteiger partial charge in [0.1, 0.15) is 6.61 Å². The summed E-state index contributed by atoms with van der Waals surface area (Å²) in [6, 6.07) is 12.8. The number of carbonyl (C=O) groups is 1. The summed E-state index contributed by atoms with van der Waals surface area (Å²) in [6.45, 7) is 3.86. The van der Waals surface area contributed by atoms with Gasteiger partial charge in [-0.3, -0.25) is 9.52 Å². The Labute approximate surface area is 189 Å². The van der Waals surface area contributed by atoms with E-state index in [4.69, 9.17) is 9.47 Å². The van der Waals surface area contributed by atoms with Gasteiger partial charge in [0.05, 0.1) is 12.0 Å². The predicted molar refractivity (Wildman–Crippen MR) is 120 cm³/mol. The number of nitrogens with one attached hydrogen (secondary N) is 2. The molecule has 0 unspecified atom stereocenters. The molecule has 0 atom stereocenters. The summed E-state index contributed by atoms with van der Waals surface area (Å²) in [6.07, 6.45) is 1.59. The number of benzene rings is 3. The predicted octanol–water partition coefficient (Wildman–Crippen LogP) is 4.59. The molecule has 10 heteroatoms. The molecule has 1 amide bonds. The fraction of sp³-hybridized carbons (Fsp3) is 0.0870. The van der Waals surface area contributed by atoms with Crippen LogP contribution in [-0.4, -0.2) is 28.0 Å². The molecular formula is C23H20F2N2O5S. The SMILES string of the molecule is C=CCOc1ccc(C(=O)Nc2ccc(NS(=O)(=O)c3ccc(F)c(F)c3)cc2)cc1OC. The Morgan fingerprint density at radius 2 is 1.67 bits per heavy atom. The minimum absolute atomic E-state index is 0.170. The number of sulfonamides is 1. The van der Waals surface area contributed by atoms with Crippen molar-refractivity contribution in [3.8, 4) is 11.5 Å². The molecule has 33 heavy (non-hydrogen) atoms. The molecule has 3 aromatic carbocycles. The average Bonchev–Trinajstić information content (AvgIpc) is 2.80. The number of halogens is 2. The van der Waals surface area contributed by atoms with E-state index >= 15 is 0 Å². The molecule has 7 nitrogen and oxygen atoms in total. The third kappa shape index (κ3) is 5.86. The van der Waals surface area contributed by atoms with Crippen LogP contribution in [0.25, 0.3) is 0 Å². The maximum atomic E-state index is 13.4. The molecule has 3 aromatic rings. The monoisotopic (exact) mass is 474 g/mol. The molecule has 2 N–H and O–H groups in total. The van der Waals surface area contributed by atoms with Gasteiger partial charge in [-0.25, -0.2) is 17.2 Å². The first kappa shape index (κ1) is 23.7. The highest BCUT2D eigenvalue weighted by molar-refractivity contribution is 7.92. The van der Waals surface area contributed by atoms with E-state index in [2.05, 4.69) is 16.6 Å². The van der Waals surface area contributed by atoms with Crippen molar-refractivity contribution >= 4 is 27.3 Å². The van der Waals surface area contributed by atoms with Crippen molar-refractivity contribution in [1.82, 2.24) is 0 Å². The van der Waals surface area contributed by atoms with Crippen LogP contribution in [0.2, 0.25) is 0 Å². The Morgan fingerprint density at radius 1 is 0.970 bits per heavy atom. The molecular weight excluding hydrogens is 454 g/mol. The number of anilines is 2. The molecule has 0 saturated carbocycles. The number of ether oxygens (including phenoxy) is 2. The summed E-state index contributed by atoms with van der Waals surface area (Å²) < 4.78 is 64.1. The lowest BCUT2D eigenvalue weighted by Crippen LogP contribution is -2.14. The highest BCUT2D eigenvalue weighted by Crippen LogP contribution is 2.28. The highest BCUT2D eigenvalue weighted by Gasteiger charge is 2.17. The van der Waals surface area contributed by atoms with Crippen LogP contribution in [0.1, 0.15) is 10.4 Å². The Hall–Kier alpha value is -3.92. The zero-order chi connectivity index (χ0) is 24.0. The summed E-state index contributed by atoms with van der Waals surface area (Å²) in [7, 11) is -2.67. The fourth-order valence-electron chi connectivity index (χ4n) is 2.76. The van der Waals surface area contributed by atoms with Crippen LogP contribution in [-0.2, 0) is 10.0 Å². The minimum Gasteiger partial charge on any atom is -0.493 e. The van der Waals surface area contributed by atoms with Gasteiger partial charge in [-0.15, -0.1) is 0 Å². The van der Waals surface area contributed by atoms with Crippen molar-refractivity contribution in [2.45, 2.75) is 4.90 Å². The largest absolute Gasteiger partial charge is 0.493 e. The number of hydrogen-bond acceptors (Lipinski definition) is 5. The van der Waals surface area contributed by atoms with E-state index in [-0.39, 0.29) is 12.3 Å². The molecule has 0 aliphatic heterocycles. The van der Waals surface area contributed by atoms with Gasteiger partial charge in [0.2, 0.25) is 0 Å². The summed E-state index contributed by atoms with van der Waals surface area (Å²) in [5, 5.41) is 2.69. The second kappa shape index (κ2) is 10.1. The van der Waals surface area contributed by atoms with Crippen molar-refractivity contribution in [1.29, 1.82) is 0 Å². The van der Waals surface area contributed by atoms with Crippen molar-refractivity contribution < 1.29 is 31.5 Å². The first-order valence-electron chi connectivity index (χ1n) is 9.54. The molecule has 0 radical (unpaired) electrons. The van der Waals surface area contributed by atoms with Crippen molar-refractivity contribution in [2.75, 3.05) is 23.8 Å². The highest BCUT2D eigenvalue weighted by atomic mass is 32.2. The van der Waals surface area contributed by atoms with E-state index in [0.29, 0.717) is 28.8 Å². The van der Waals surface area contributed by atoms with Crippen molar-refractivity contribution in [3.63, 3.8) is 0 Å². The van der Waals surface area contributed by atoms with Gasteiger partial charge in [-0.1, -0.05) is 12.7 Å². The maximum absolute atomic E-state index is 13.4. The molecule has 0 spiro atoms. The number of carbonyl (C=O) groups excluding carboxylic acids is 1. The maximum Gasteiger partial charge on any atom is 0.261 e. The Bertz CT molecular complexity index is 1280. The summed E-state index contributed by atoms with van der Waals surface area (Å²) in [5.74, 6) is -1.99. The molecule has 172 valence electrons. The lowest BCUT2D eigenvalue weighted by molar-refractivity contribution is 0.102. The third-order valence-corrected chi connectivity index (χ3v) is 5.76. The second-order valence-electron chi connectivity index (χ2n) is 6.68. The molecule has 0 aliphatic rings. The summed E-state index contributed by atoms with van der Waals surface area (Å²) in [5.41, 5.74) is 0.894. The molecule has 0 bridgehead atoms. The summed E-state index contributed by atoms with van der Waals surface area (Å²) in [4.78, 5) is 12.1. The van der Waals surface area contributed by atoms with Crippen LogP contribution in [0.5, 0.6) is 11.5 Å². The van der Waals surface area contributed by atoms with Gasteiger partial charge in [-0.05, 0) is 60.7 Å². The van der Waals surface area contributed by atoms with Crippen LogP contribution in [0, 0.1) is 11.6 Å². The van der Waals surface area contributed by atoms with Gasteiger partial charge in [0, 0.05) is 16.9 Å². The number of hydrogen-bond donors (Lipinski definition) is 2. The molecule has 0 aromatic heterocycles. The van der Waals surface area contributed by atoms with Gasteiger partial charge in [0.25, 0.3) is 15.9 Å².